The molecule has 2 atom stereocenters. The number of amides is 1. The minimum atomic E-state index is -4.50. The summed E-state index contributed by atoms with van der Waals surface area (Å²) in [5, 5.41) is 6.19. The normalized spacial score (nSPS) is 18.5. The predicted molar refractivity (Wildman–Crippen MR) is 110 cm³/mol. The lowest BCUT2D eigenvalue weighted by atomic mass is 9.88. The van der Waals surface area contributed by atoms with Crippen molar-refractivity contribution in [3.05, 3.63) is 84.2 Å². The molecular weight excluding hydrogens is 407 g/mol. The van der Waals surface area contributed by atoms with E-state index in [1.54, 1.807) is 24.3 Å². The summed E-state index contributed by atoms with van der Waals surface area (Å²) >= 11 is 0. The zero-order valence-corrected chi connectivity index (χ0v) is 16.4. The molecule has 3 aromatic rings. The fourth-order valence-electron chi connectivity index (χ4n) is 3.62. The van der Waals surface area contributed by atoms with Crippen LogP contribution in [0.15, 0.2) is 72.9 Å². The first-order valence-corrected chi connectivity index (χ1v) is 9.78. The number of carbonyl (C=O) groups is 1. The summed E-state index contributed by atoms with van der Waals surface area (Å²) in [5.41, 5.74) is 0.666. The lowest BCUT2D eigenvalue weighted by molar-refractivity contribution is -0.141. The molecule has 1 aliphatic rings. The van der Waals surface area contributed by atoms with E-state index in [2.05, 4.69) is 15.6 Å². The lowest BCUT2D eigenvalue weighted by Crippen LogP contribution is -2.28. The van der Waals surface area contributed by atoms with Gasteiger partial charge >= 0.3 is 6.18 Å². The number of rotatable bonds is 5. The second-order valence-corrected chi connectivity index (χ2v) is 7.28. The molecule has 0 aliphatic carbocycles. The summed E-state index contributed by atoms with van der Waals surface area (Å²) in [7, 11) is 0. The molecular formula is C23H20F3N3O2. The molecule has 1 fully saturated rings. The van der Waals surface area contributed by atoms with Crippen molar-refractivity contribution in [2.75, 3.05) is 18.4 Å². The summed E-state index contributed by atoms with van der Waals surface area (Å²) in [6, 6.07) is 18.7. The molecule has 1 aromatic heterocycles. The number of nitrogens with one attached hydrogen (secondary N) is 2. The Balaban J connectivity index is 1.43. The van der Waals surface area contributed by atoms with Gasteiger partial charge in [0, 0.05) is 30.8 Å². The summed E-state index contributed by atoms with van der Waals surface area (Å²) < 4.78 is 43.5. The fourth-order valence-corrected chi connectivity index (χ4v) is 3.62. The number of halogens is 3. The Morgan fingerprint density at radius 3 is 2.52 bits per heavy atom. The molecule has 0 saturated carbocycles. The van der Waals surface area contributed by atoms with Crippen molar-refractivity contribution in [2.45, 2.75) is 12.1 Å². The molecule has 2 heterocycles. The van der Waals surface area contributed by atoms with Crippen molar-refractivity contribution in [2.24, 2.45) is 5.92 Å². The van der Waals surface area contributed by atoms with Crippen molar-refractivity contribution >= 4 is 11.6 Å². The van der Waals surface area contributed by atoms with E-state index in [-0.39, 0.29) is 23.5 Å². The van der Waals surface area contributed by atoms with Crippen molar-refractivity contribution in [1.29, 1.82) is 0 Å². The van der Waals surface area contributed by atoms with Gasteiger partial charge in [-0.2, -0.15) is 13.2 Å². The maximum Gasteiger partial charge on any atom is 0.433 e. The van der Waals surface area contributed by atoms with Crippen LogP contribution in [0.25, 0.3) is 0 Å². The monoisotopic (exact) mass is 427 g/mol. The van der Waals surface area contributed by atoms with E-state index in [4.69, 9.17) is 4.74 Å². The highest BCUT2D eigenvalue weighted by molar-refractivity contribution is 5.93. The second-order valence-electron chi connectivity index (χ2n) is 7.28. The number of aromatic nitrogens is 1. The Labute approximate surface area is 177 Å². The highest BCUT2D eigenvalue weighted by atomic mass is 19.4. The molecule has 0 bridgehead atoms. The topological polar surface area (TPSA) is 63.2 Å². The van der Waals surface area contributed by atoms with Crippen LogP contribution in [-0.4, -0.2) is 24.0 Å². The van der Waals surface area contributed by atoms with Crippen LogP contribution < -0.4 is 15.4 Å². The van der Waals surface area contributed by atoms with Gasteiger partial charge in [-0.3, -0.25) is 4.79 Å². The third-order valence-electron chi connectivity index (χ3n) is 5.14. The van der Waals surface area contributed by atoms with Gasteiger partial charge in [0.25, 0.3) is 0 Å². The molecule has 1 aliphatic heterocycles. The van der Waals surface area contributed by atoms with Gasteiger partial charge in [0.1, 0.15) is 17.2 Å². The molecule has 2 aromatic carbocycles. The molecule has 8 heteroatoms. The van der Waals surface area contributed by atoms with Crippen LogP contribution in [0.3, 0.4) is 0 Å². The maximum atomic E-state index is 12.9. The minimum Gasteiger partial charge on any atom is -0.456 e. The summed E-state index contributed by atoms with van der Waals surface area (Å²) in [5.74, 6) is 0.307. The third-order valence-corrected chi connectivity index (χ3v) is 5.14. The standard InChI is InChI=1S/C23H20F3N3O2/c24-23(25,26)21-10-9-18(12-28-21)31-17-8-4-7-16(11-17)29-22(30)20-14-27-13-19(20)15-5-2-1-3-6-15/h1-12,19-20,27H,13-14H2,(H,29,30)/t19-,20+/m1/s1. The first kappa shape index (κ1) is 20.9. The summed E-state index contributed by atoms with van der Waals surface area (Å²) in [4.78, 5) is 16.3. The average molecular weight is 427 g/mol. The number of alkyl halides is 3. The van der Waals surface area contributed by atoms with Crippen LogP contribution in [0.5, 0.6) is 11.5 Å². The molecule has 0 radical (unpaired) electrons. The molecule has 1 saturated heterocycles. The van der Waals surface area contributed by atoms with Crippen LogP contribution >= 0.6 is 0 Å². The van der Waals surface area contributed by atoms with E-state index in [9.17, 15) is 18.0 Å². The number of ether oxygens (including phenoxy) is 1. The number of nitrogens with zero attached hydrogens (tertiary/aromatic N) is 1. The summed E-state index contributed by atoms with van der Waals surface area (Å²) in [6.45, 7) is 1.31. The first-order chi connectivity index (χ1) is 14.9. The van der Waals surface area contributed by atoms with Crippen molar-refractivity contribution in [1.82, 2.24) is 10.3 Å². The van der Waals surface area contributed by atoms with E-state index >= 15 is 0 Å². The Morgan fingerprint density at radius 1 is 1.00 bits per heavy atom. The minimum absolute atomic E-state index is 0.0823. The predicted octanol–water partition coefficient (Wildman–Crippen LogP) is 4.83. The van der Waals surface area contributed by atoms with Gasteiger partial charge in [-0.15, -0.1) is 0 Å². The van der Waals surface area contributed by atoms with Crippen molar-refractivity contribution in [3.8, 4) is 11.5 Å². The number of hydrogen-bond acceptors (Lipinski definition) is 4. The largest absolute Gasteiger partial charge is 0.456 e. The summed E-state index contributed by atoms with van der Waals surface area (Å²) in [6.07, 6.45) is -3.49. The molecule has 5 nitrogen and oxygen atoms in total. The van der Waals surface area contributed by atoms with Gasteiger partial charge in [-0.05, 0) is 29.8 Å². The van der Waals surface area contributed by atoms with E-state index in [0.29, 0.717) is 18.0 Å². The van der Waals surface area contributed by atoms with E-state index in [1.807, 2.05) is 30.3 Å². The van der Waals surface area contributed by atoms with Gasteiger partial charge in [0.2, 0.25) is 5.91 Å². The quantitative estimate of drug-likeness (QED) is 0.612. The lowest BCUT2D eigenvalue weighted by Gasteiger charge is -2.19. The van der Waals surface area contributed by atoms with E-state index in [1.165, 1.54) is 6.07 Å². The van der Waals surface area contributed by atoms with Gasteiger partial charge < -0.3 is 15.4 Å². The zero-order chi connectivity index (χ0) is 21.8. The van der Waals surface area contributed by atoms with Crippen LogP contribution in [0.4, 0.5) is 18.9 Å². The van der Waals surface area contributed by atoms with E-state index in [0.717, 1.165) is 24.4 Å². The molecule has 31 heavy (non-hydrogen) atoms. The fraction of sp³-hybridized carbons (Fsp3) is 0.217. The van der Waals surface area contributed by atoms with Gasteiger partial charge in [-0.1, -0.05) is 36.4 Å². The Bertz CT molecular complexity index is 1040. The highest BCUT2D eigenvalue weighted by Crippen LogP contribution is 2.31. The number of benzene rings is 2. The molecule has 0 spiro atoms. The molecule has 0 unspecified atom stereocenters. The van der Waals surface area contributed by atoms with Crippen molar-refractivity contribution < 1.29 is 22.7 Å². The van der Waals surface area contributed by atoms with Crippen LogP contribution in [0.1, 0.15) is 17.2 Å². The smallest absolute Gasteiger partial charge is 0.433 e. The molecule has 1 amide bonds. The van der Waals surface area contributed by atoms with Crippen LogP contribution in [-0.2, 0) is 11.0 Å². The first-order valence-electron chi connectivity index (χ1n) is 9.78. The van der Waals surface area contributed by atoms with Gasteiger partial charge in [0.15, 0.2) is 0 Å². The second kappa shape index (κ2) is 8.77. The van der Waals surface area contributed by atoms with E-state index < -0.39 is 11.9 Å². The Hall–Kier alpha value is -3.39. The number of anilines is 1. The molecule has 2 N–H and O–H groups in total. The Kier molecular flexibility index (Phi) is 5.90. The van der Waals surface area contributed by atoms with Crippen LogP contribution in [0.2, 0.25) is 0 Å². The number of carbonyl (C=O) groups excluding carboxylic acids is 1. The maximum absolute atomic E-state index is 12.9. The van der Waals surface area contributed by atoms with Gasteiger partial charge in [0.05, 0.1) is 12.1 Å². The number of pyridine rings is 1. The zero-order valence-electron chi connectivity index (χ0n) is 16.4. The molecule has 160 valence electrons. The average Bonchev–Trinajstić information content (AvgIpc) is 3.25. The van der Waals surface area contributed by atoms with Gasteiger partial charge in [-0.25, -0.2) is 4.98 Å². The highest BCUT2D eigenvalue weighted by Gasteiger charge is 2.34. The van der Waals surface area contributed by atoms with Crippen LogP contribution in [0, 0.1) is 5.92 Å². The Morgan fingerprint density at radius 2 is 1.81 bits per heavy atom. The SMILES string of the molecule is O=C(Nc1cccc(Oc2ccc(C(F)(F)F)nc2)c1)[C@H]1CNC[C@@H]1c1ccccc1. The molecule has 4 rings (SSSR count). The van der Waals surface area contributed by atoms with Crippen molar-refractivity contribution in [3.63, 3.8) is 0 Å². The third kappa shape index (κ3) is 5.03. The number of hydrogen-bond donors (Lipinski definition) is 2.